The number of aryl methyl sites for hydroxylation is 2. The van der Waals surface area contributed by atoms with Gasteiger partial charge in [-0.05, 0) is 59.3 Å². The molecule has 2 atom stereocenters. The minimum absolute atomic E-state index is 0.0299. The zero-order chi connectivity index (χ0) is 15.8. The number of rotatable bonds is 4. The molecule has 0 aliphatic carbocycles. The van der Waals surface area contributed by atoms with E-state index in [4.69, 9.17) is 4.74 Å². The molecule has 2 rings (SSSR count). The van der Waals surface area contributed by atoms with Crippen LogP contribution in [0.5, 0.6) is 5.75 Å². The molecule has 118 valence electrons. The summed E-state index contributed by atoms with van der Waals surface area (Å²) in [6, 6.07) is 4.14. The van der Waals surface area contributed by atoms with Crippen molar-refractivity contribution in [1.82, 2.24) is 4.90 Å². The first kappa shape index (κ1) is 16.3. The third-order valence-electron chi connectivity index (χ3n) is 4.48. The van der Waals surface area contributed by atoms with Gasteiger partial charge in [-0.15, -0.1) is 0 Å². The Labute approximate surface area is 128 Å². The molecular weight excluding hydrogens is 262 g/mol. The van der Waals surface area contributed by atoms with Crippen LogP contribution in [0.2, 0.25) is 0 Å². The average Bonchev–Trinajstić information content (AvgIpc) is 2.37. The first-order valence-corrected chi connectivity index (χ1v) is 7.96. The number of ether oxygens (including phenoxy) is 1. The molecule has 1 aliphatic heterocycles. The van der Waals surface area contributed by atoms with Crippen molar-refractivity contribution >= 4 is 0 Å². The highest BCUT2D eigenvalue weighted by atomic mass is 16.5. The fraction of sp³-hybridized carbons (Fsp3) is 0.667. The van der Waals surface area contributed by atoms with Crippen LogP contribution in [0.25, 0.3) is 0 Å². The molecule has 1 heterocycles. The number of aliphatic hydroxyl groups is 1. The first-order valence-electron chi connectivity index (χ1n) is 7.96. The second-order valence-corrected chi connectivity index (χ2v) is 6.93. The summed E-state index contributed by atoms with van der Waals surface area (Å²) in [6.07, 6.45) is 1.78. The summed E-state index contributed by atoms with van der Waals surface area (Å²) in [7, 11) is 2.09. The number of benzene rings is 1. The fourth-order valence-electron chi connectivity index (χ4n) is 3.54. The van der Waals surface area contributed by atoms with E-state index in [1.165, 1.54) is 5.56 Å². The maximum Gasteiger partial charge on any atom is 0.128 e. The van der Waals surface area contributed by atoms with Crippen molar-refractivity contribution in [1.29, 1.82) is 0 Å². The summed E-state index contributed by atoms with van der Waals surface area (Å²) in [5, 5.41) is 11.0. The van der Waals surface area contributed by atoms with E-state index in [-0.39, 0.29) is 6.04 Å². The Balaban J connectivity index is 2.40. The van der Waals surface area contributed by atoms with E-state index in [0.717, 1.165) is 36.3 Å². The van der Waals surface area contributed by atoms with Gasteiger partial charge in [0.05, 0.1) is 6.04 Å². The number of hydrogen-bond acceptors (Lipinski definition) is 3. The van der Waals surface area contributed by atoms with Crippen LogP contribution in [-0.2, 0) is 0 Å². The third-order valence-corrected chi connectivity index (χ3v) is 4.48. The minimum atomic E-state index is -0.510. The number of aliphatic hydroxyl groups excluding tert-OH is 1. The number of likely N-dealkylation sites (N-methyl/N-ethyl adjacent to an activating group) is 1. The zero-order valence-corrected chi connectivity index (χ0v) is 14.2. The monoisotopic (exact) mass is 291 g/mol. The number of nitrogens with zero attached hydrogens (tertiary/aromatic N) is 1. The maximum atomic E-state index is 11.0. The molecule has 0 radical (unpaired) electrons. The van der Waals surface area contributed by atoms with Crippen molar-refractivity contribution in [2.45, 2.75) is 65.2 Å². The van der Waals surface area contributed by atoms with Gasteiger partial charge in [-0.3, -0.25) is 4.90 Å². The lowest BCUT2D eigenvalue weighted by atomic mass is 9.83. The van der Waals surface area contributed by atoms with Crippen LogP contribution in [0.15, 0.2) is 12.1 Å². The summed E-state index contributed by atoms with van der Waals surface area (Å²) < 4.78 is 6.29. The molecule has 1 N–H and O–H groups in total. The summed E-state index contributed by atoms with van der Waals surface area (Å²) in [6.45, 7) is 11.4. The molecule has 0 saturated heterocycles. The standard InChI is InChI=1S/C18H29NO2/c1-7-8-9-19(6)17-15(20)14-11-12(2)10-13(3)16(14)21-18(17,4)5/h10-11,15,17,20H,7-9H2,1-6H3. The quantitative estimate of drug-likeness (QED) is 0.920. The van der Waals surface area contributed by atoms with E-state index < -0.39 is 11.7 Å². The van der Waals surface area contributed by atoms with E-state index >= 15 is 0 Å². The van der Waals surface area contributed by atoms with E-state index in [0.29, 0.717) is 0 Å². The molecular formula is C18H29NO2. The van der Waals surface area contributed by atoms with Gasteiger partial charge in [0, 0.05) is 5.56 Å². The van der Waals surface area contributed by atoms with Crippen LogP contribution in [0.3, 0.4) is 0 Å². The Kier molecular flexibility index (Phi) is 4.64. The minimum Gasteiger partial charge on any atom is -0.485 e. The van der Waals surface area contributed by atoms with E-state index in [9.17, 15) is 5.11 Å². The zero-order valence-electron chi connectivity index (χ0n) is 14.2. The summed E-state index contributed by atoms with van der Waals surface area (Å²) in [5.41, 5.74) is 2.80. The lowest BCUT2D eigenvalue weighted by Crippen LogP contribution is -2.57. The summed E-state index contributed by atoms with van der Waals surface area (Å²) in [4.78, 5) is 2.24. The smallest absolute Gasteiger partial charge is 0.128 e. The summed E-state index contributed by atoms with van der Waals surface area (Å²) in [5.74, 6) is 0.859. The summed E-state index contributed by atoms with van der Waals surface area (Å²) >= 11 is 0. The Bertz CT molecular complexity index is 510. The molecule has 0 saturated carbocycles. The maximum absolute atomic E-state index is 11.0. The molecule has 21 heavy (non-hydrogen) atoms. The van der Waals surface area contributed by atoms with Crippen molar-refractivity contribution in [2.24, 2.45) is 0 Å². The van der Waals surface area contributed by atoms with Gasteiger partial charge < -0.3 is 9.84 Å². The lowest BCUT2D eigenvalue weighted by molar-refractivity contribution is -0.0753. The van der Waals surface area contributed by atoms with Crippen LogP contribution in [-0.4, -0.2) is 35.2 Å². The van der Waals surface area contributed by atoms with Gasteiger partial charge in [-0.25, -0.2) is 0 Å². The molecule has 1 aliphatic rings. The Morgan fingerprint density at radius 1 is 1.29 bits per heavy atom. The predicted octanol–water partition coefficient (Wildman–Crippen LogP) is 3.61. The van der Waals surface area contributed by atoms with Crippen molar-refractivity contribution in [2.75, 3.05) is 13.6 Å². The molecule has 3 nitrogen and oxygen atoms in total. The van der Waals surface area contributed by atoms with Crippen molar-refractivity contribution in [3.05, 3.63) is 28.8 Å². The second kappa shape index (κ2) is 5.98. The molecule has 0 amide bonds. The van der Waals surface area contributed by atoms with Crippen LogP contribution in [0.1, 0.15) is 56.4 Å². The number of unbranched alkanes of at least 4 members (excludes halogenated alkanes) is 1. The first-order chi connectivity index (χ1) is 9.77. The largest absolute Gasteiger partial charge is 0.485 e. The van der Waals surface area contributed by atoms with Gasteiger partial charge in [0.15, 0.2) is 0 Å². The molecule has 2 unspecified atom stereocenters. The van der Waals surface area contributed by atoms with Gasteiger partial charge in [-0.2, -0.15) is 0 Å². The van der Waals surface area contributed by atoms with Crippen LogP contribution in [0, 0.1) is 13.8 Å². The molecule has 1 aromatic rings. The number of hydrogen-bond donors (Lipinski definition) is 1. The van der Waals surface area contributed by atoms with Crippen LogP contribution < -0.4 is 4.74 Å². The topological polar surface area (TPSA) is 32.7 Å². The van der Waals surface area contributed by atoms with Crippen LogP contribution >= 0.6 is 0 Å². The number of fused-ring (bicyclic) bond motifs is 1. The van der Waals surface area contributed by atoms with Gasteiger partial charge in [-0.1, -0.05) is 25.0 Å². The highest BCUT2D eigenvalue weighted by Crippen LogP contribution is 2.43. The van der Waals surface area contributed by atoms with E-state index in [1.807, 2.05) is 0 Å². The van der Waals surface area contributed by atoms with E-state index in [1.54, 1.807) is 0 Å². The van der Waals surface area contributed by atoms with E-state index in [2.05, 4.69) is 58.7 Å². The Morgan fingerprint density at radius 3 is 2.57 bits per heavy atom. The van der Waals surface area contributed by atoms with Gasteiger partial charge in [0.1, 0.15) is 17.5 Å². The fourth-order valence-corrected chi connectivity index (χ4v) is 3.54. The highest BCUT2D eigenvalue weighted by molar-refractivity contribution is 5.47. The lowest BCUT2D eigenvalue weighted by Gasteiger charge is -2.47. The molecule has 0 aromatic heterocycles. The molecule has 3 heteroatoms. The van der Waals surface area contributed by atoms with Crippen molar-refractivity contribution < 1.29 is 9.84 Å². The SMILES string of the molecule is CCCCN(C)C1C(O)c2cc(C)cc(C)c2OC1(C)C. The van der Waals surface area contributed by atoms with Crippen molar-refractivity contribution in [3.8, 4) is 5.75 Å². The Morgan fingerprint density at radius 2 is 1.95 bits per heavy atom. The normalized spacial score (nSPS) is 23.8. The third kappa shape index (κ3) is 3.09. The molecule has 0 fully saturated rings. The van der Waals surface area contributed by atoms with Gasteiger partial charge in [0.2, 0.25) is 0 Å². The van der Waals surface area contributed by atoms with Crippen molar-refractivity contribution in [3.63, 3.8) is 0 Å². The Hall–Kier alpha value is -1.06. The molecule has 0 bridgehead atoms. The average molecular weight is 291 g/mol. The van der Waals surface area contributed by atoms with Gasteiger partial charge >= 0.3 is 0 Å². The van der Waals surface area contributed by atoms with Crippen LogP contribution in [0.4, 0.5) is 0 Å². The molecule has 1 aromatic carbocycles. The van der Waals surface area contributed by atoms with Gasteiger partial charge in [0.25, 0.3) is 0 Å². The second-order valence-electron chi connectivity index (χ2n) is 6.93. The highest BCUT2D eigenvalue weighted by Gasteiger charge is 2.45. The molecule has 0 spiro atoms. The predicted molar refractivity (Wildman–Crippen MR) is 86.9 cm³/mol.